The van der Waals surface area contributed by atoms with Gasteiger partial charge in [0.15, 0.2) is 0 Å². The SMILES string of the molecule is Cc1cnc2c(c1)c1cc(C(F)(F)F)ccc1n2[C@@H]1CCCN(C(=O)OC(C)(C)C)C[C@H]1O. The first-order chi connectivity index (χ1) is 15.3. The number of aromatic nitrogens is 2. The Morgan fingerprint density at radius 3 is 2.58 bits per heavy atom. The predicted octanol–water partition coefficient (Wildman–Crippen LogP) is 5.45. The van der Waals surface area contributed by atoms with Crippen molar-refractivity contribution in [2.24, 2.45) is 0 Å². The topological polar surface area (TPSA) is 67.6 Å². The molecule has 0 aliphatic carbocycles. The molecule has 1 fully saturated rings. The largest absolute Gasteiger partial charge is 0.444 e. The molecular formula is C24H28F3N3O3. The van der Waals surface area contributed by atoms with Gasteiger partial charge in [-0.05, 0) is 70.4 Å². The first kappa shape index (κ1) is 23.4. The van der Waals surface area contributed by atoms with E-state index in [-0.39, 0.29) is 6.54 Å². The molecule has 0 radical (unpaired) electrons. The lowest BCUT2D eigenvalue weighted by Gasteiger charge is -2.28. The highest BCUT2D eigenvalue weighted by atomic mass is 19.4. The lowest BCUT2D eigenvalue weighted by molar-refractivity contribution is -0.137. The summed E-state index contributed by atoms with van der Waals surface area (Å²) in [7, 11) is 0. The van der Waals surface area contributed by atoms with Crippen molar-refractivity contribution in [1.82, 2.24) is 14.5 Å². The van der Waals surface area contributed by atoms with Gasteiger partial charge in [-0.15, -0.1) is 0 Å². The summed E-state index contributed by atoms with van der Waals surface area (Å²) in [5.74, 6) is 0. The van der Waals surface area contributed by atoms with Crippen LogP contribution < -0.4 is 0 Å². The van der Waals surface area contributed by atoms with Crippen LogP contribution in [0.15, 0.2) is 30.5 Å². The van der Waals surface area contributed by atoms with Gasteiger partial charge in [0.05, 0.1) is 29.8 Å². The van der Waals surface area contributed by atoms with Crippen molar-refractivity contribution in [2.45, 2.75) is 64.5 Å². The molecule has 1 N–H and O–H groups in total. The summed E-state index contributed by atoms with van der Waals surface area (Å²) >= 11 is 0. The van der Waals surface area contributed by atoms with E-state index in [2.05, 4.69) is 4.98 Å². The van der Waals surface area contributed by atoms with Crippen molar-refractivity contribution in [2.75, 3.05) is 13.1 Å². The second kappa shape index (κ2) is 8.20. The van der Waals surface area contributed by atoms with E-state index in [1.54, 1.807) is 27.0 Å². The van der Waals surface area contributed by atoms with Gasteiger partial charge in [-0.25, -0.2) is 9.78 Å². The normalized spacial score (nSPS) is 20.3. The van der Waals surface area contributed by atoms with Crippen LogP contribution in [0.4, 0.5) is 18.0 Å². The third kappa shape index (κ3) is 4.64. The highest BCUT2D eigenvalue weighted by molar-refractivity contribution is 6.07. The third-order valence-electron chi connectivity index (χ3n) is 5.87. The number of alkyl halides is 3. The van der Waals surface area contributed by atoms with E-state index in [0.29, 0.717) is 41.3 Å². The van der Waals surface area contributed by atoms with Gasteiger partial charge >= 0.3 is 12.3 Å². The molecule has 4 rings (SSSR count). The number of fused-ring (bicyclic) bond motifs is 3. The number of amides is 1. The molecular weight excluding hydrogens is 435 g/mol. The van der Waals surface area contributed by atoms with Crippen LogP contribution in [0.5, 0.6) is 0 Å². The molecule has 2 atom stereocenters. The number of hydrogen-bond acceptors (Lipinski definition) is 4. The number of nitrogens with zero attached hydrogens (tertiary/aromatic N) is 3. The number of aryl methyl sites for hydroxylation is 1. The van der Waals surface area contributed by atoms with E-state index in [1.807, 2.05) is 17.6 Å². The van der Waals surface area contributed by atoms with Gasteiger partial charge in [-0.1, -0.05) is 0 Å². The fraction of sp³-hybridized carbons (Fsp3) is 0.500. The Kier molecular flexibility index (Phi) is 5.80. The maximum absolute atomic E-state index is 13.4. The number of ether oxygens (including phenoxy) is 1. The molecule has 3 aromatic rings. The number of rotatable bonds is 1. The van der Waals surface area contributed by atoms with E-state index in [9.17, 15) is 23.1 Å². The Bertz CT molecular complexity index is 1200. The van der Waals surface area contributed by atoms with Crippen LogP contribution >= 0.6 is 0 Å². The Morgan fingerprint density at radius 1 is 1.18 bits per heavy atom. The molecule has 33 heavy (non-hydrogen) atoms. The average Bonchev–Trinajstić information content (AvgIpc) is 2.87. The Balaban J connectivity index is 1.78. The molecule has 0 spiro atoms. The van der Waals surface area contributed by atoms with E-state index < -0.39 is 35.6 Å². The fourth-order valence-corrected chi connectivity index (χ4v) is 4.46. The summed E-state index contributed by atoms with van der Waals surface area (Å²) < 4.78 is 47.5. The maximum Gasteiger partial charge on any atom is 0.416 e. The van der Waals surface area contributed by atoms with Gasteiger partial charge < -0.3 is 19.3 Å². The maximum atomic E-state index is 13.4. The Morgan fingerprint density at radius 2 is 1.91 bits per heavy atom. The quantitative estimate of drug-likeness (QED) is 0.521. The van der Waals surface area contributed by atoms with Crippen LogP contribution in [-0.2, 0) is 10.9 Å². The number of benzene rings is 1. The lowest BCUT2D eigenvalue weighted by Crippen LogP contribution is -2.41. The fourth-order valence-electron chi connectivity index (χ4n) is 4.46. The van der Waals surface area contributed by atoms with E-state index in [4.69, 9.17) is 4.74 Å². The van der Waals surface area contributed by atoms with Crippen molar-refractivity contribution in [3.63, 3.8) is 0 Å². The Hall–Kier alpha value is -2.81. The molecule has 1 aliphatic rings. The monoisotopic (exact) mass is 463 g/mol. The lowest BCUT2D eigenvalue weighted by atomic mass is 10.1. The molecule has 1 amide bonds. The number of aliphatic hydroxyl groups excluding tert-OH is 1. The minimum absolute atomic E-state index is 0.0627. The second-order valence-corrected chi connectivity index (χ2v) is 9.69. The van der Waals surface area contributed by atoms with Gasteiger partial charge in [-0.3, -0.25) is 0 Å². The molecule has 0 saturated carbocycles. The van der Waals surface area contributed by atoms with Gasteiger partial charge in [-0.2, -0.15) is 13.2 Å². The third-order valence-corrected chi connectivity index (χ3v) is 5.87. The molecule has 1 aliphatic heterocycles. The van der Waals surface area contributed by atoms with Gasteiger partial charge in [0.25, 0.3) is 0 Å². The number of halogens is 3. The zero-order valence-electron chi connectivity index (χ0n) is 19.1. The first-order valence-corrected chi connectivity index (χ1v) is 11.0. The summed E-state index contributed by atoms with van der Waals surface area (Å²) in [6.07, 6.45) is -3.09. The number of pyridine rings is 1. The molecule has 0 unspecified atom stereocenters. The smallest absolute Gasteiger partial charge is 0.416 e. The second-order valence-electron chi connectivity index (χ2n) is 9.69. The van der Waals surface area contributed by atoms with Crippen molar-refractivity contribution >= 4 is 28.0 Å². The highest BCUT2D eigenvalue weighted by Gasteiger charge is 2.35. The number of β-amino-alcohol motifs (C(OH)–C–C–N with tert-alkyl or cyclic N) is 1. The number of aliphatic hydroxyl groups is 1. The number of likely N-dealkylation sites (tertiary alicyclic amines) is 1. The van der Waals surface area contributed by atoms with Crippen LogP contribution in [-0.4, -0.2) is 50.4 Å². The molecule has 1 aromatic carbocycles. The molecule has 3 heterocycles. The summed E-state index contributed by atoms with van der Waals surface area (Å²) in [5.41, 5.74) is 0.540. The van der Waals surface area contributed by atoms with E-state index >= 15 is 0 Å². The van der Waals surface area contributed by atoms with Crippen LogP contribution in [0.25, 0.3) is 21.9 Å². The van der Waals surface area contributed by atoms with Crippen LogP contribution in [0, 0.1) is 6.92 Å². The molecule has 9 heteroatoms. The summed E-state index contributed by atoms with van der Waals surface area (Å²) in [4.78, 5) is 18.6. The molecule has 178 valence electrons. The van der Waals surface area contributed by atoms with Crippen LogP contribution in [0.1, 0.15) is 50.8 Å². The van der Waals surface area contributed by atoms with Crippen molar-refractivity contribution < 1.29 is 27.8 Å². The minimum Gasteiger partial charge on any atom is -0.444 e. The van der Waals surface area contributed by atoms with Gasteiger partial charge in [0.1, 0.15) is 11.2 Å². The summed E-state index contributed by atoms with van der Waals surface area (Å²) in [6, 6.07) is 5.01. The van der Waals surface area contributed by atoms with Crippen molar-refractivity contribution in [3.05, 3.63) is 41.6 Å². The van der Waals surface area contributed by atoms with Crippen LogP contribution in [0.2, 0.25) is 0 Å². The average molecular weight is 464 g/mol. The molecule has 0 bridgehead atoms. The highest BCUT2D eigenvalue weighted by Crippen LogP contribution is 2.38. The predicted molar refractivity (Wildman–Crippen MR) is 119 cm³/mol. The summed E-state index contributed by atoms with van der Waals surface area (Å²) in [5, 5.41) is 12.2. The van der Waals surface area contributed by atoms with E-state index in [1.165, 1.54) is 11.0 Å². The summed E-state index contributed by atoms with van der Waals surface area (Å²) in [6.45, 7) is 7.66. The Labute approximate surface area is 189 Å². The van der Waals surface area contributed by atoms with E-state index in [0.717, 1.165) is 17.7 Å². The first-order valence-electron chi connectivity index (χ1n) is 11.0. The molecule has 6 nitrogen and oxygen atoms in total. The van der Waals surface area contributed by atoms with Crippen molar-refractivity contribution in [1.29, 1.82) is 0 Å². The number of carbonyl (C=O) groups excluding carboxylic acids is 1. The molecule has 2 aromatic heterocycles. The standard InChI is InChI=1S/C24H28F3N3O3/c1-14-10-17-16-11-15(24(25,26)27)7-8-18(16)30(21(17)28-12-14)19-6-5-9-29(13-20(19)31)22(32)33-23(2,3)4/h7-8,10-12,19-20,31H,5-6,9,13H2,1-4H3/t19-,20-/m1/s1. The van der Waals surface area contributed by atoms with Gasteiger partial charge in [0, 0.05) is 23.5 Å². The number of hydrogen-bond donors (Lipinski definition) is 1. The van der Waals surface area contributed by atoms with Gasteiger partial charge in [0.2, 0.25) is 0 Å². The zero-order chi connectivity index (χ0) is 24.1. The van der Waals surface area contributed by atoms with Crippen LogP contribution in [0.3, 0.4) is 0 Å². The number of carbonyl (C=O) groups is 1. The zero-order valence-corrected chi connectivity index (χ0v) is 19.1. The molecule has 1 saturated heterocycles. The van der Waals surface area contributed by atoms with Crippen molar-refractivity contribution in [3.8, 4) is 0 Å². The minimum atomic E-state index is -4.46.